The highest BCUT2D eigenvalue weighted by molar-refractivity contribution is 4.38. The Hall–Kier alpha value is -0.120. The molecule has 0 atom stereocenters. The first-order chi connectivity index (χ1) is 4.33. The molecule has 0 aromatic carbocycles. The van der Waals surface area contributed by atoms with Crippen molar-refractivity contribution in [1.29, 1.82) is 0 Å². The third kappa shape index (κ3) is 32.8. The SMILES string of the molecule is CCO.CNCCCN. The zero-order valence-electron chi connectivity index (χ0n) is 6.35. The first-order valence-corrected chi connectivity index (χ1v) is 3.29. The van der Waals surface area contributed by atoms with Crippen molar-refractivity contribution in [3.05, 3.63) is 0 Å². The van der Waals surface area contributed by atoms with Crippen LogP contribution in [0.3, 0.4) is 0 Å². The number of hydrogen-bond acceptors (Lipinski definition) is 3. The van der Waals surface area contributed by atoms with E-state index in [1.54, 1.807) is 6.92 Å². The Morgan fingerprint density at radius 1 is 1.56 bits per heavy atom. The summed E-state index contributed by atoms with van der Waals surface area (Å²) in [5.41, 5.74) is 5.17. The second-order valence-electron chi connectivity index (χ2n) is 1.56. The van der Waals surface area contributed by atoms with E-state index in [0.29, 0.717) is 0 Å². The largest absolute Gasteiger partial charge is 0.397 e. The molecule has 0 bridgehead atoms. The molecule has 9 heavy (non-hydrogen) atoms. The molecule has 0 saturated heterocycles. The fourth-order valence-electron chi connectivity index (χ4n) is 0.279. The Morgan fingerprint density at radius 3 is 2.11 bits per heavy atom. The van der Waals surface area contributed by atoms with Crippen molar-refractivity contribution in [2.75, 3.05) is 26.7 Å². The van der Waals surface area contributed by atoms with E-state index in [1.807, 2.05) is 7.05 Å². The van der Waals surface area contributed by atoms with Gasteiger partial charge in [0.15, 0.2) is 0 Å². The maximum absolute atomic E-state index is 7.57. The van der Waals surface area contributed by atoms with E-state index in [9.17, 15) is 0 Å². The van der Waals surface area contributed by atoms with Gasteiger partial charge in [0.1, 0.15) is 0 Å². The molecule has 0 spiro atoms. The van der Waals surface area contributed by atoms with Gasteiger partial charge in [0.25, 0.3) is 0 Å². The lowest BCUT2D eigenvalue weighted by molar-refractivity contribution is 0.318. The summed E-state index contributed by atoms with van der Waals surface area (Å²) < 4.78 is 0. The first-order valence-electron chi connectivity index (χ1n) is 3.29. The molecule has 0 heterocycles. The van der Waals surface area contributed by atoms with Crippen molar-refractivity contribution in [1.82, 2.24) is 5.32 Å². The van der Waals surface area contributed by atoms with Crippen LogP contribution in [-0.2, 0) is 0 Å². The van der Waals surface area contributed by atoms with Gasteiger partial charge in [0.05, 0.1) is 0 Å². The highest BCUT2D eigenvalue weighted by Gasteiger charge is 1.73. The van der Waals surface area contributed by atoms with E-state index in [-0.39, 0.29) is 6.61 Å². The molecule has 3 nitrogen and oxygen atoms in total. The van der Waals surface area contributed by atoms with Gasteiger partial charge < -0.3 is 16.2 Å². The molecule has 0 aliphatic carbocycles. The van der Waals surface area contributed by atoms with Gasteiger partial charge in [-0.2, -0.15) is 0 Å². The Kier molecular flexibility index (Phi) is 20.3. The quantitative estimate of drug-likeness (QED) is 0.458. The minimum Gasteiger partial charge on any atom is -0.397 e. The van der Waals surface area contributed by atoms with Gasteiger partial charge >= 0.3 is 0 Å². The normalized spacial score (nSPS) is 8.00. The van der Waals surface area contributed by atoms with Gasteiger partial charge in [-0.05, 0) is 33.5 Å². The van der Waals surface area contributed by atoms with Gasteiger partial charge in [0, 0.05) is 6.61 Å². The van der Waals surface area contributed by atoms with E-state index in [0.717, 1.165) is 19.5 Å². The third-order valence-corrected chi connectivity index (χ3v) is 0.631. The van der Waals surface area contributed by atoms with Crippen molar-refractivity contribution >= 4 is 0 Å². The predicted octanol–water partition coefficient (Wildman–Crippen LogP) is -0.447. The van der Waals surface area contributed by atoms with Gasteiger partial charge in [0.2, 0.25) is 0 Å². The number of aliphatic hydroxyl groups excluding tert-OH is 1. The van der Waals surface area contributed by atoms with E-state index in [4.69, 9.17) is 10.8 Å². The molecule has 3 heteroatoms. The van der Waals surface area contributed by atoms with Gasteiger partial charge in [-0.15, -0.1) is 0 Å². The van der Waals surface area contributed by atoms with Crippen LogP contribution in [-0.4, -0.2) is 31.9 Å². The smallest absolute Gasteiger partial charge is 0.0402 e. The molecule has 0 amide bonds. The summed E-state index contributed by atoms with van der Waals surface area (Å²) in [6, 6.07) is 0. The van der Waals surface area contributed by atoms with Gasteiger partial charge in [-0.3, -0.25) is 0 Å². The molecule has 0 aliphatic heterocycles. The standard InChI is InChI=1S/C4H12N2.C2H6O/c1-6-4-2-3-5;1-2-3/h6H,2-5H2,1H3;3H,2H2,1H3. The lowest BCUT2D eigenvalue weighted by Gasteiger charge is -1.90. The van der Waals surface area contributed by atoms with E-state index >= 15 is 0 Å². The Bertz CT molecular complexity index is 30.2. The van der Waals surface area contributed by atoms with Crippen LogP contribution in [0.5, 0.6) is 0 Å². The molecular formula is C6H18N2O. The Labute approximate surface area is 57.3 Å². The molecule has 0 radical (unpaired) electrons. The van der Waals surface area contributed by atoms with Crippen LogP contribution < -0.4 is 11.1 Å². The zero-order chi connectivity index (χ0) is 7.54. The average molecular weight is 134 g/mol. The summed E-state index contributed by atoms with van der Waals surface area (Å²) in [6.07, 6.45) is 1.08. The van der Waals surface area contributed by atoms with Crippen LogP contribution in [0, 0.1) is 0 Å². The molecule has 0 fully saturated rings. The van der Waals surface area contributed by atoms with Crippen molar-refractivity contribution < 1.29 is 5.11 Å². The maximum atomic E-state index is 7.57. The maximum Gasteiger partial charge on any atom is 0.0402 e. The predicted molar refractivity (Wildman–Crippen MR) is 40.4 cm³/mol. The second kappa shape index (κ2) is 15.7. The topological polar surface area (TPSA) is 58.3 Å². The lowest BCUT2D eigenvalue weighted by atomic mass is 10.4. The summed E-state index contributed by atoms with van der Waals surface area (Å²) in [6.45, 7) is 3.76. The molecule has 4 N–H and O–H groups in total. The van der Waals surface area contributed by atoms with Crippen molar-refractivity contribution in [3.8, 4) is 0 Å². The van der Waals surface area contributed by atoms with E-state index in [1.165, 1.54) is 0 Å². The number of rotatable bonds is 3. The highest BCUT2D eigenvalue weighted by atomic mass is 16.2. The first kappa shape index (κ1) is 11.6. The van der Waals surface area contributed by atoms with E-state index < -0.39 is 0 Å². The fraction of sp³-hybridized carbons (Fsp3) is 1.00. The molecule has 0 rings (SSSR count). The summed E-state index contributed by atoms with van der Waals surface area (Å²) in [5, 5.41) is 10.6. The Balaban J connectivity index is 0. The number of nitrogens with two attached hydrogens (primary N) is 1. The van der Waals surface area contributed by atoms with Gasteiger partial charge in [-0.25, -0.2) is 0 Å². The highest BCUT2D eigenvalue weighted by Crippen LogP contribution is 1.63. The molecule has 0 aromatic rings. The van der Waals surface area contributed by atoms with Gasteiger partial charge in [-0.1, -0.05) is 0 Å². The van der Waals surface area contributed by atoms with Crippen molar-refractivity contribution in [2.45, 2.75) is 13.3 Å². The summed E-state index contributed by atoms with van der Waals surface area (Å²) in [4.78, 5) is 0. The molecular weight excluding hydrogens is 116 g/mol. The van der Waals surface area contributed by atoms with Crippen LogP contribution in [0.25, 0.3) is 0 Å². The lowest BCUT2D eigenvalue weighted by Crippen LogP contribution is -2.12. The molecule has 58 valence electrons. The van der Waals surface area contributed by atoms with Crippen LogP contribution in [0.4, 0.5) is 0 Å². The number of nitrogens with one attached hydrogen (secondary N) is 1. The van der Waals surface area contributed by atoms with Crippen LogP contribution >= 0.6 is 0 Å². The zero-order valence-corrected chi connectivity index (χ0v) is 6.35. The van der Waals surface area contributed by atoms with Crippen molar-refractivity contribution in [2.24, 2.45) is 5.73 Å². The molecule has 0 aliphatic rings. The minimum atomic E-state index is 0.250. The molecule has 0 aromatic heterocycles. The second-order valence-corrected chi connectivity index (χ2v) is 1.56. The minimum absolute atomic E-state index is 0.250. The third-order valence-electron chi connectivity index (χ3n) is 0.631. The van der Waals surface area contributed by atoms with Crippen LogP contribution in [0.1, 0.15) is 13.3 Å². The van der Waals surface area contributed by atoms with Crippen LogP contribution in [0.2, 0.25) is 0 Å². The molecule has 0 unspecified atom stereocenters. The van der Waals surface area contributed by atoms with Crippen molar-refractivity contribution in [3.63, 3.8) is 0 Å². The summed E-state index contributed by atoms with van der Waals surface area (Å²) in [5.74, 6) is 0. The summed E-state index contributed by atoms with van der Waals surface area (Å²) >= 11 is 0. The van der Waals surface area contributed by atoms with Crippen LogP contribution in [0.15, 0.2) is 0 Å². The Morgan fingerprint density at radius 2 is 2.00 bits per heavy atom. The monoisotopic (exact) mass is 134 g/mol. The fourth-order valence-corrected chi connectivity index (χ4v) is 0.279. The number of aliphatic hydroxyl groups is 1. The van der Waals surface area contributed by atoms with E-state index in [2.05, 4.69) is 5.32 Å². The average Bonchev–Trinajstić information content (AvgIpc) is 1.86. The summed E-state index contributed by atoms with van der Waals surface area (Å²) in [7, 11) is 1.93. The molecule has 0 saturated carbocycles. The number of hydrogen-bond donors (Lipinski definition) is 3.